The highest BCUT2D eigenvalue weighted by Gasteiger charge is 2.15. The Morgan fingerprint density at radius 2 is 1.94 bits per heavy atom. The molecule has 1 rings (SSSR count). The van der Waals surface area contributed by atoms with Gasteiger partial charge in [-0.2, -0.15) is 8.42 Å². The average molecular weight is 238 g/mol. The minimum absolute atomic E-state index is 0.00666. The van der Waals surface area contributed by atoms with Crippen LogP contribution in [0.2, 0.25) is 0 Å². The Morgan fingerprint density at radius 1 is 1.38 bits per heavy atom. The first-order chi connectivity index (χ1) is 7.45. The van der Waals surface area contributed by atoms with Crippen molar-refractivity contribution >= 4 is 10.1 Å². The predicted molar refractivity (Wildman–Crippen MR) is 62.3 cm³/mol. The van der Waals surface area contributed by atoms with Crippen LogP contribution in [0.5, 0.6) is 0 Å². The normalized spacial score (nSPS) is 13.1. The fourth-order valence-corrected chi connectivity index (χ4v) is 2.00. The zero-order valence-electron chi connectivity index (χ0n) is 9.30. The quantitative estimate of drug-likeness (QED) is 0.595. The molecule has 1 aromatic rings. The second kappa shape index (κ2) is 5.15. The highest BCUT2D eigenvalue weighted by Crippen LogP contribution is 2.14. The van der Waals surface area contributed by atoms with Crippen LogP contribution in [0.25, 0.3) is 0 Å². The summed E-state index contributed by atoms with van der Waals surface area (Å²) in [5.74, 6) is 2.19. The van der Waals surface area contributed by atoms with Gasteiger partial charge in [0.1, 0.15) is 0 Å². The third-order valence-corrected chi connectivity index (χ3v) is 3.36. The fraction of sp³-hybridized carbons (Fsp3) is 0.333. The summed E-state index contributed by atoms with van der Waals surface area (Å²) < 4.78 is 28.2. The van der Waals surface area contributed by atoms with Gasteiger partial charge in [0.2, 0.25) is 0 Å². The second-order valence-corrected chi connectivity index (χ2v) is 5.23. The Bertz CT molecular complexity index is 480. The first-order valence-corrected chi connectivity index (χ1v) is 6.29. The molecular formula is C12H14O3S. The molecular weight excluding hydrogens is 224 g/mol. The van der Waals surface area contributed by atoms with Crippen LogP contribution < -0.4 is 0 Å². The van der Waals surface area contributed by atoms with Crippen LogP contribution in [0.4, 0.5) is 0 Å². The summed E-state index contributed by atoms with van der Waals surface area (Å²) in [7, 11) is -3.68. The second-order valence-electron chi connectivity index (χ2n) is 3.62. The van der Waals surface area contributed by atoms with Crippen molar-refractivity contribution in [3.8, 4) is 12.3 Å². The fourth-order valence-electron chi connectivity index (χ4n) is 1.01. The van der Waals surface area contributed by atoms with E-state index in [2.05, 4.69) is 5.92 Å². The van der Waals surface area contributed by atoms with E-state index in [1.54, 1.807) is 19.1 Å². The van der Waals surface area contributed by atoms with Crippen LogP contribution in [0.3, 0.4) is 0 Å². The molecule has 0 aromatic heterocycles. The minimum Gasteiger partial charge on any atom is -0.265 e. The first kappa shape index (κ1) is 12.8. The van der Waals surface area contributed by atoms with Gasteiger partial charge in [-0.1, -0.05) is 17.7 Å². The van der Waals surface area contributed by atoms with Gasteiger partial charge in [-0.25, -0.2) is 0 Å². The molecule has 1 atom stereocenters. The molecule has 0 amide bonds. The Hall–Kier alpha value is -1.31. The van der Waals surface area contributed by atoms with Crippen molar-refractivity contribution in [2.45, 2.75) is 18.7 Å². The Morgan fingerprint density at radius 3 is 2.44 bits per heavy atom. The maximum Gasteiger partial charge on any atom is 0.297 e. The van der Waals surface area contributed by atoms with E-state index >= 15 is 0 Å². The largest absolute Gasteiger partial charge is 0.297 e. The van der Waals surface area contributed by atoms with Gasteiger partial charge in [0.25, 0.3) is 10.1 Å². The van der Waals surface area contributed by atoms with Crippen molar-refractivity contribution in [2.24, 2.45) is 5.92 Å². The van der Waals surface area contributed by atoms with E-state index in [0.717, 1.165) is 5.56 Å². The number of benzene rings is 1. The molecule has 0 aliphatic rings. The molecule has 16 heavy (non-hydrogen) atoms. The van der Waals surface area contributed by atoms with Crippen LogP contribution in [-0.2, 0) is 14.3 Å². The lowest BCUT2D eigenvalue weighted by Gasteiger charge is -2.07. The van der Waals surface area contributed by atoms with Gasteiger partial charge in [0, 0.05) is 5.92 Å². The van der Waals surface area contributed by atoms with Crippen molar-refractivity contribution in [1.29, 1.82) is 0 Å². The third kappa shape index (κ3) is 3.37. The topological polar surface area (TPSA) is 43.4 Å². The van der Waals surface area contributed by atoms with Crippen LogP contribution in [0, 0.1) is 25.2 Å². The first-order valence-electron chi connectivity index (χ1n) is 4.88. The number of hydrogen-bond acceptors (Lipinski definition) is 3. The number of terminal acetylenes is 1. The smallest absolute Gasteiger partial charge is 0.265 e. The summed E-state index contributed by atoms with van der Waals surface area (Å²) in [5.41, 5.74) is 0.996. The number of hydrogen-bond donors (Lipinski definition) is 0. The van der Waals surface area contributed by atoms with E-state index in [4.69, 9.17) is 10.6 Å². The van der Waals surface area contributed by atoms with Crippen molar-refractivity contribution < 1.29 is 12.6 Å². The van der Waals surface area contributed by atoms with Crippen LogP contribution in [0.15, 0.2) is 29.2 Å². The van der Waals surface area contributed by atoms with E-state index in [9.17, 15) is 8.42 Å². The van der Waals surface area contributed by atoms with Crippen molar-refractivity contribution in [3.05, 3.63) is 29.8 Å². The molecule has 86 valence electrons. The zero-order chi connectivity index (χ0) is 12.2. The molecule has 3 nitrogen and oxygen atoms in total. The summed E-state index contributed by atoms with van der Waals surface area (Å²) >= 11 is 0. The predicted octanol–water partition coefficient (Wildman–Crippen LogP) is 1.97. The zero-order valence-corrected chi connectivity index (χ0v) is 10.1. The lowest BCUT2D eigenvalue weighted by atomic mass is 10.2. The maximum absolute atomic E-state index is 11.7. The number of aryl methyl sites for hydroxylation is 1. The lowest BCUT2D eigenvalue weighted by Crippen LogP contribution is -2.11. The standard InChI is InChI=1S/C12H14O3S/c1-4-10(2)9-15-16(13,14)12-7-5-11(3)6-8-12/h1,5-8,10H,9H2,2-3H3. The number of rotatable bonds is 4. The molecule has 0 radical (unpaired) electrons. The van der Waals surface area contributed by atoms with Crippen molar-refractivity contribution in [1.82, 2.24) is 0 Å². The van der Waals surface area contributed by atoms with Crippen molar-refractivity contribution in [3.63, 3.8) is 0 Å². The summed E-state index contributed by atoms with van der Waals surface area (Å²) in [6.45, 7) is 3.62. The van der Waals surface area contributed by atoms with E-state index in [1.165, 1.54) is 12.1 Å². The molecule has 0 saturated heterocycles. The molecule has 0 saturated carbocycles. The van der Waals surface area contributed by atoms with Gasteiger partial charge in [0.15, 0.2) is 0 Å². The van der Waals surface area contributed by atoms with Gasteiger partial charge in [-0.3, -0.25) is 4.18 Å². The van der Waals surface area contributed by atoms with Crippen LogP contribution in [-0.4, -0.2) is 15.0 Å². The highest BCUT2D eigenvalue weighted by molar-refractivity contribution is 7.86. The molecule has 0 aliphatic heterocycles. The Labute approximate surface area is 96.6 Å². The van der Waals surface area contributed by atoms with Gasteiger partial charge in [-0.15, -0.1) is 12.3 Å². The van der Waals surface area contributed by atoms with E-state index in [-0.39, 0.29) is 17.4 Å². The van der Waals surface area contributed by atoms with E-state index < -0.39 is 10.1 Å². The highest BCUT2D eigenvalue weighted by atomic mass is 32.2. The summed E-state index contributed by atoms with van der Waals surface area (Å²) in [5, 5.41) is 0. The van der Waals surface area contributed by atoms with Crippen LogP contribution >= 0.6 is 0 Å². The minimum atomic E-state index is -3.68. The summed E-state index contributed by atoms with van der Waals surface area (Å²) in [6.07, 6.45) is 5.14. The summed E-state index contributed by atoms with van der Waals surface area (Å²) in [4.78, 5) is 0.155. The summed E-state index contributed by atoms with van der Waals surface area (Å²) in [6, 6.07) is 6.48. The Kier molecular flexibility index (Phi) is 4.11. The average Bonchev–Trinajstić information content (AvgIpc) is 2.26. The molecule has 1 unspecified atom stereocenters. The van der Waals surface area contributed by atoms with Crippen molar-refractivity contribution in [2.75, 3.05) is 6.61 Å². The molecule has 0 fully saturated rings. The van der Waals surface area contributed by atoms with Gasteiger partial charge in [-0.05, 0) is 26.0 Å². The lowest BCUT2D eigenvalue weighted by molar-refractivity contribution is 0.292. The van der Waals surface area contributed by atoms with E-state index in [1.807, 2.05) is 6.92 Å². The molecule has 0 aliphatic carbocycles. The monoisotopic (exact) mass is 238 g/mol. The molecule has 0 bridgehead atoms. The maximum atomic E-state index is 11.7. The Balaban J connectivity index is 2.79. The molecule has 4 heteroatoms. The molecule has 0 N–H and O–H groups in total. The molecule has 0 spiro atoms. The molecule has 0 heterocycles. The van der Waals surface area contributed by atoms with Gasteiger partial charge < -0.3 is 0 Å². The van der Waals surface area contributed by atoms with Crippen LogP contribution in [0.1, 0.15) is 12.5 Å². The van der Waals surface area contributed by atoms with Gasteiger partial charge in [0.05, 0.1) is 11.5 Å². The third-order valence-electron chi connectivity index (χ3n) is 2.07. The molecule has 1 aromatic carbocycles. The van der Waals surface area contributed by atoms with Gasteiger partial charge >= 0.3 is 0 Å². The SMILES string of the molecule is C#CC(C)COS(=O)(=O)c1ccc(C)cc1. The van der Waals surface area contributed by atoms with E-state index in [0.29, 0.717) is 0 Å².